The van der Waals surface area contributed by atoms with Gasteiger partial charge in [0.05, 0.1) is 48.0 Å². The summed E-state index contributed by atoms with van der Waals surface area (Å²) in [4.78, 5) is 25.3. The van der Waals surface area contributed by atoms with Crippen LogP contribution in [-0.2, 0) is 4.79 Å². The third-order valence-corrected chi connectivity index (χ3v) is 6.46. The van der Waals surface area contributed by atoms with E-state index in [1.54, 1.807) is 31.1 Å². The standard InChI is InChI=1S/C25H27ClN8O2/c1-27-16-23(35)33-11-9-32(10-12-33)17-6-7-20(22(13-17)36-2)30-25-28-15-19(26)24(31-25)18-14-29-34-8-4-3-5-21(18)34/h3-8,13-15,27H,9-12,16H2,1-2H3,(H,28,30,31). The lowest BCUT2D eigenvalue weighted by Crippen LogP contribution is -2.50. The number of benzene rings is 1. The Labute approximate surface area is 213 Å². The fourth-order valence-electron chi connectivity index (χ4n) is 4.31. The summed E-state index contributed by atoms with van der Waals surface area (Å²) < 4.78 is 7.44. The van der Waals surface area contributed by atoms with E-state index in [0.717, 1.165) is 35.5 Å². The van der Waals surface area contributed by atoms with Crippen molar-refractivity contribution in [3.8, 4) is 17.0 Å². The van der Waals surface area contributed by atoms with Gasteiger partial charge in [-0.05, 0) is 31.3 Å². The van der Waals surface area contributed by atoms with Crippen LogP contribution in [0.4, 0.5) is 17.3 Å². The maximum Gasteiger partial charge on any atom is 0.236 e. The van der Waals surface area contributed by atoms with Crippen molar-refractivity contribution in [2.45, 2.75) is 0 Å². The number of hydrogen-bond acceptors (Lipinski definition) is 8. The van der Waals surface area contributed by atoms with E-state index < -0.39 is 0 Å². The first-order valence-electron chi connectivity index (χ1n) is 11.6. The third-order valence-electron chi connectivity index (χ3n) is 6.18. The number of nitrogens with zero attached hydrogens (tertiary/aromatic N) is 6. The number of ether oxygens (including phenoxy) is 1. The van der Waals surface area contributed by atoms with Gasteiger partial charge in [0.2, 0.25) is 11.9 Å². The fourth-order valence-corrected chi connectivity index (χ4v) is 4.50. The van der Waals surface area contributed by atoms with E-state index in [0.29, 0.717) is 42.0 Å². The van der Waals surface area contributed by atoms with Gasteiger partial charge in [-0.3, -0.25) is 4.79 Å². The molecule has 4 heterocycles. The zero-order valence-electron chi connectivity index (χ0n) is 20.1. The van der Waals surface area contributed by atoms with E-state index >= 15 is 0 Å². The summed E-state index contributed by atoms with van der Waals surface area (Å²) in [6.45, 7) is 3.25. The Morgan fingerprint density at radius 1 is 1.14 bits per heavy atom. The molecule has 0 unspecified atom stereocenters. The normalized spacial score (nSPS) is 13.8. The number of hydrogen-bond donors (Lipinski definition) is 2. The lowest BCUT2D eigenvalue weighted by molar-refractivity contribution is -0.130. The van der Waals surface area contributed by atoms with E-state index in [1.807, 2.05) is 47.5 Å². The van der Waals surface area contributed by atoms with Crippen LogP contribution in [-0.4, -0.2) is 77.3 Å². The molecule has 3 aromatic heterocycles. The van der Waals surface area contributed by atoms with E-state index in [-0.39, 0.29) is 5.91 Å². The van der Waals surface area contributed by atoms with Crippen molar-refractivity contribution < 1.29 is 9.53 Å². The number of pyridine rings is 1. The lowest BCUT2D eigenvalue weighted by Gasteiger charge is -2.36. The van der Waals surface area contributed by atoms with Crippen LogP contribution in [0.1, 0.15) is 0 Å². The van der Waals surface area contributed by atoms with Crippen molar-refractivity contribution >= 4 is 40.3 Å². The fraction of sp³-hybridized carbons (Fsp3) is 0.280. The number of halogens is 1. The van der Waals surface area contributed by atoms with E-state index in [4.69, 9.17) is 16.3 Å². The number of nitrogens with one attached hydrogen (secondary N) is 2. The number of aromatic nitrogens is 4. The first kappa shape index (κ1) is 23.8. The summed E-state index contributed by atoms with van der Waals surface area (Å²) in [6, 6.07) is 11.8. The number of rotatable bonds is 7. The molecular weight excluding hydrogens is 480 g/mol. The molecule has 1 fully saturated rings. The van der Waals surface area contributed by atoms with Crippen LogP contribution in [0.3, 0.4) is 0 Å². The first-order valence-corrected chi connectivity index (χ1v) is 12.0. The third kappa shape index (κ3) is 4.77. The highest BCUT2D eigenvalue weighted by molar-refractivity contribution is 6.33. The van der Waals surface area contributed by atoms with Crippen molar-refractivity contribution in [2.24, 2.45) is 0 Å². The highest BCUT2D eigenvalue weighted by atomic mass is 35.5. The van der Waals surface area contributed by atoms with Gasteiger partial charge in [-0.15, -0.1) is 0 Å². The lowest BCUT2D eigenvalue weighted by atomic mass is 10.2. The van der Waals surface area contributed by atoms with Crippen molar-refractivity contribution in [3.05, 3.63) is 60.0 Å². The van der Waals surface area contributed by atoms with Gasteiger partial charge >= 0.3 is 0 Å². The van der Waals surface area contributed by atoms with Crippen molar-refractivity contribution in [3.63, 3.8) is 0 Å². The van der Waals surface area contributed by atoms with Gasteiger partial charge in [0.25, 0.3) is 0 Å². The molecule has 1 aliphatic rings. The Hall–Kier alpha value is -3.89. The van der Waals surface area contributed by atoms with E-state index in [9.17, 15) is 4.79 Å². The second kappa shape index (κ2) is 10.4. The van der Waals surface area contributed by atoms with Gasteiger partial charge in [-0.1, -0.05) is 17.7 Å². The molecule has 4 aromatic rings. The molecule has 186 valence electrons. The first-order chi connectivity index (χ1) is 17.6. The minimum Gasteiger partial charge on any atom is -0.494 e. The number of piperazine rings is 1. The molecule has 1 aliphatic heterocycles. The zero-order valence-corrected chi connectivity index (χ0v) is 20.9. The summed E-state index contributed by atoms with van der Waals surface area (Å²) in [5.74, 6) is 1.19. The summed E-state index contributed by atoms with van der Waals surface area (Å²) in [5.41, 5.74) is 4.08. The van der Waals surface area contributed by atoms with Crippen molar-refractivity contribution in [1.82, 2.24) is 29.8 Å². The number of fused-ring (bicyclic) bond motifs is 1. The van der Waals surface area contributed by atoms with Crippen LogP contribution in [0.2, 0.25) is 5.02 Å². The largest absolute Gasteiger partial charge is 0.494 e. The number of amides is 1. The average Bonchev–Trinajstić information content (AvgIpc) is 3.34. The van der Waals surface area contributed by atoms with Crippen LogP contribution in [0.5, 0.6) is 5.75 Å². The van der Waals surface area contributed by atoms with Crippen molar-refractivity contribution in [2.75, 3.05) is 57.1 Å². The van der Waals surface area contributed by atoms with Gasteiger partial charge in [-0.25, -0.2) is 14.5 Å². The topological polar surface area (TPSA) is 99.9 Å². The Bertz CT molecular complexity index is 1380. The molecule has 1 amide bonds. The number of carbonyl (C=O) groups excluding carboxylic acids is 1. The molecular formula is C25H27ClN8O2. The predicted molar refractivity (Wildman–Crippen MR) is 140 cm³/mol. The molecule has 1 saturated heterocycles. The van der Waals surface area contributed by atoms with Crippen molar-refractivity contribution in [1.29, 1.82) is 0 Å². The molecule has 0 spiro atoms. The maximum atomic E-state index is 12.1. The van der Waals surface area contributed by atoms with Gasteiger partial charge < -0.3 is 25.2 Å². The summed E-state index contributed by atoms with van der Waals surface area (Å²) in [5, 5.41) is 11.0. The Balaban J connectivity index is 1.34. The molecule has 0 bridgehead atoms. The molecule has 0 radical (unpaired) electrons. The SMILES string of the molecule is CNCC(=O)N1CCN(c2ccc(Nc3ncc(Cl)c(-c4cnn5ccccc45)n3)c(OC)c2)CC1. The minimum absolute atomic E-state index is 0.126. The molecule has 1 aromatic carbocycles. The van der Waals surface area contributed by atoms with Crippen LogP contribution in [0.25, 0.3) is 16.8 Å². The molecule has 0 atom stereocenters. The quantitative estimate of drug-likeness (QED) is 0.394. The average molecular weight is 507 g/mol. The monoisotopic (exact) mass is 506 g/mol. The van der Waals surface area contributed by atoms with Crippen LogP contribution >= 0.6 is 11.6 Å². The van der Waals surface area contributed by atoms with E-state index in [1.165, 1.54) is 0 Å². The highest BCUT2D eigenvalue weighted by Crippen LogP contribution is 2.34. The maximum absolute atomic E-state index is 12.1. The Kier molecular flexibility index (Phi) is 6.88. The number of methoxy groups -OCH3 is 1. The second-order valence-corrected chi connectivity index (χ2v) is 8.79. The molecule has 11 heteroatoms. The summed E-state index contributed by atoms with van der Waals surface area (Å²) >= 11 is 6.46. The predicted octanol–water partition coefficient (Wildman–Crippen LogP) is 3.06. The summed E-state index contributed by atoms with van der Waals surface area (Å²) in [7, 11) is 3.41. The summed E-state index contributed by atoms with van der Waals surface area (Å²) in [6.07, 6.45) is 5.20. The van der Waals surface area contributed by atoms with Gasteiger partial charge in [0.15, 0.2) is 0 Å². The molecule has 10 nitrogen and oxygen atoms in total. The number of carbonyl (C=O) groups is 1. The highest BCUT2D eigenvalue weighted by Gasteiger charge is 2.22. The van der Waals surface area contributed by atoms with Gasteiger partial charge in [-0.2, -0.15) is 5.10 Å². The molecule has 2 N–H and O–H groups in total. The number of likely N-dealkylation sites (N-methyl/N-ethyl adjacent to an activating group) is 1. The van der Waals surface area contributed by atoms with Crippen LogP contribution in [0.15, 0.2) is 55.0 Å². The van der Waals surface area contributed by atoms with E-state index in [2.05, 4.69) is 30.6 Å². The van der Waals surface area contributed by atoms with Crippen LogP contribution < -0.4 is 20.3 Å². The molecule has 0 saturated carbocycles. The van der Waals surface area contributed by atoms with Gasteiger partial charge in [0, 0.05) is 49.7 Å². The Morgan fingerprint density at radius 2 is 1.97 bits per heavy atom. The zero-order chi connectivity index (χ0) is 25.1. The van der Waals surface area contributed by atoms with Gasteiger partial charge in [0.1, 0.15) is 5.75 Å². The number of anilines is 3. The molecule has 36 heavy (non-hydrogen) atoms. The smallest absolute Gasteiger partial charge is 0.236 e. The molecule has 0 aliphatic carbocycles. The molecule has 5 rings (SSSR count). The van der Waals surface area contributed by atoms with Crippen LogP contribution in [0, 0.1) is 0 Å². The minimum atomic E-state index is 0.126. The Morgan fingerprint density at radius 3 is 2.75 bits per heavy atom. The second-order valence-electron chi connectivity index (χ2n) is 8.39.